The van der Waals surface area contributed by atoms with Gasteiger partial charge in [-0.1, -0.05) is 139 Å². The fraction of sp³-hybridized carbons (Fsp3) is 0.0182. The van der Waals surface area contributed by atoms with Crippen molar-refractivity contribution in [2.45, 2.75) is 15.2 Å². The number of hydrogen-bond donors (Lipinski definition) is 0. The summed E-state index contributed by atoms with van der Waals surface area (Å²) in [4.78, 5) is 2.59. The van der Waals surface area contributed by atoms with Gasteiger partial charge in [-0.25, -0.2) is 0 Å². The average molecular weight is 768 g/mol. The van der Waals surface area contributed by atoms with E-state index in [9.17, 15) is 0 Å². The van der Waals surface area contributed by atoms with E-state index in [1.807, 2.05) is 11.8 Å². The van der Waals surface area contributed by atoms with E-state index < -0.39 is 5.41 Å². The van der Waals surface area contributed by atoms with Crippen LogP contribution in [0.3, 0.4) is 0 Å². The van der Waals surface area contributed by atoms with Crippen LogP contribution in [0.15, 0.2) is 210 Å². The summed E-state index contributed by atoms with van der Waals surface area (Å²) in [5.74, 6) is 0. The zero-order valence-electron chi connectivity index (χ0n) is 31.8. The molecular weight excluding hydrogens is 735 g/mol. The van der Waals surface area contributed by atoms with E-state index in [0.29, 0.717) is 0 Å². The predicted octanol–water partition coefficient (Wildman–Crippen LogP) is 14.1. The number of fused-ring (bicyclic) bond motifs is 17. The maximum atomic E-state index is 2.56. The molecule has 274 valence electrons. The highest BCUT2D eigenvalue weighted by Crippen LogP contribution is 2.61. The normalized spacial score (nSPS) is 15.5. The Morgan fingerprint density at radius 2 is 0.864 bits per heavy atom. The largest absolute Gasteiger partial charge is 0.309 e. The molecule has 0 N–H and O–H groups in total. The van der Waals surface area contributed by atoms with Crippen LogP contribution in [0, 0.1) is 0 Å². The molecule has 4 heteroatoms. The van der Waals surface area contributed by atoms with Crippen LogP contribution in [-0.4, -0.2) is 13.7 Å². The van der Waals surface area contributed by atoms with Gasteiger partial charge in [-0.15, -0.1) is 0 Å². The Kier molecular flexibility index (Phi) is 6.16. The molecule has 1 spiro atoms. The Hall–Kier alpha value is -7.27. The summed E-state index contributed by atoms with van der Waals surface area (Å²) >= 11 is 1.91. The molecule has 0 fully saturated rings. The van der Waals surface area contributed by atoms with Crippen LogP contribution in [0.1, 0.15) is 22.3 Å². The lowest BCUT2D eigenvalue weighted by Crippen LogP contribution is -2.37. The summed E-state index contributed by atoms with van der Waals surface area (Å²) in [7, 11) is 0. The summed E-state index contributed by atoms with van der Waals surface area (Å²) in [6, 6.07) is 74.8. The van der Waals surface area contributed by atoms with Gasteiger partial charge in [0.05, 0.1) is 44.2 Å². The second-order valence-corrected chi connectivity index (χ2v) is 17.1. The third-order valence-corrected chi connectivity index (χ3v) is 14.4. The summed E-state index contributed by atoms with van der Waals surface area (Å²) in [6.45, 7) is 0. The fourth-order valence-corrected chi connectivity index (χ4v) is 12.2. The maximum Gasteiger partial charge on any atom is 0.0764 e. The fourth-order valence-electron chi connectivity index (χ4n) is 11.0. The van der Waals surface area contributed by atoms with Crippen molar-refractivity contribution in [2.24, 2.45) is 0 Å². The lowest BCUT2D eigenvalue weighted by atomic mass is 9.62. The number of nitrogens with zero attached hydrogens (tertiary/aromatic N) is 3. The van der Waals surface area contributed by atoms with Crippen molar-refractivity contribution in [3.05, 3.63) is 222 Å². The monoisotopic (exact) mass is 767 g/mol. The van der Waals surface area contributed by atoms with Gasteiger partial charge in [-0.2, -0.15) is 0 Å². The Morgan fingerprint density at radius 3 is 1.64 bits per heavy atom. The van der Waals surface area contributed by atoms with Gasteiger partial charge >= 0.3 is 0 Å². The molecule has 2 aliphatic heterocycles. The zero-order valence-corrected chi connectivity index (χ0v) is 32.6. The number of para-hydroxylation sites is 6. The molecule has 0 aliphatic carbocycles. The highest BCUT2D eigenvalue weighted by molar-refractivity contribution is 7.99. The van der Waals surface area contributed by atoms with Crippen LogP contribution < -0.4 is 0 Å². The first-order chi connectivity index (χ1) is 29.3. The minimum absolute atomic E-state index is 0.534. The topological polar surface area (TPSA) is 14.8 Å². The van der Waals surface area contributed by atoms with E-state index in [0.717, 1.165) is 5.69 Å². The third-order valence-electron chi connectivity index (χ3n) is 13.3. The van der Waals surface area contributed by atoms with Crippen LogP contribution in [0.2, 0.25) is 0 Å². The Bertz CT molecular complexity index is 3770. The second kappa shape index (κ2) is 11.4. The Labute approximate surface area is 344 Å². The van der Waals surface area contributed by atoms with E-state index in [1.54, 1.807) is 0 Å². The minimum atomic E-state index is -0.534. The van der Waals surface area contributed by atoms with Crippen LogP contribution in [0.5, 0.6) is 0 Å². The quantitative estimate of drug-likeness (QED) is 0.171. The van der Waals surface area contributed by atoms with Gasteiger partial charge in [0.2, 0.25) is 0 Å². The van der Waals surface area contributed by atoms with Gasteiger partial charge < -0.3 is 13.7 Å². The van der Waals surface area contributed by atoms with Crippen molar-refractivity contribution in [1.82, 2.24) is 13.7 Å². The van der Waals surface area contributed by atoms with Crippen molar-refractivity contribution < 1.29 is 0 Å². The molecule has 0 radical (unpaired) electrons. The van der Waals surface area contributed by atoms with Crippen LogP contribution in [0.25, 0.3) is 82.5 Å². The predicted molar refractivity (Wildman–Crippen MR) is 245 cm³/mol. The van der Waals surface area contributed by atoms with E-state index in [4.69, 9.17) is 0 Å². The number of aromatic nitrogens is 3. The molecule has 2 aliphatic rings. The first kappa shape index (κ1) is 31.8. The van der Waals surface area contributed by atoms with Gasteiger partial charge in [0, 0.05) is 53.5 Å². The van der Waals surface area contributed by atoms with Crippen molar-refractivity contribution >= 4 is 77.2 Å². The number of hydrogen-bond acceptors (Lipinski definition) is 1. The minimum Gasteiger partial charge on any atom is -0.309 e. The average Bonchev–Trinajstić information content (AvgIpc) is 3.93. The molecule has 5 heterocycles. The van der Waals surface area contributed by atoms with Gasteiger partial charge in [0.15, 0.2) is 0 Å². The highest BCUT2D eigenvalue weighted by atomic mass is 32.2. The second-order valence-electron chi connectivity index (χ2n) is 16.0. The molecule has 12 aromatic rings. The standard InChI is InChI=1S/C55H33N3S/c1-2-15-34(16-3-1)56-46-24-9-5-18-37(46)40-31-35(29-30-49(40)56)57-47-25-10-6-19-38(47)41-32-45-53(33-51(41)57)59-52-28-13-8-22-43(52)55(45)42-21-7-12-27-50(42)58-48-26-11-4-17-36(48)39-20-14-23-44(55)54(39)58/h1-33H. The van der Waals surface area contributed by atoms with Crippen LogP contribution in [-0.2, 0) is 5.41 Å². The van der Waals surface area contributed by atoms with E-state index in [1.165, 1.54) is 109 Å². The molecule has 0 bridgehead atoms. The molecule has 0 saturated carbocycles. The van der Waals surface area contributed by atoms with Gasteiger partial charge in [-0.05, 0) is 95.1 Å². The molecule has 9 aromatic carbocycles. The van der Waals surface area contributed by atoms with Crippen LogP contribution >= 0.6 is 11.8 Å². The lowest BCUT2D eigenvalue weighted by Gasteiger charge is -2.45. The third kappa shape index (κ3) is 3.95. The van der Waals surface area contributed by atoms with Gasteiger partial charge in [0.25, 0.3) is 0 Å². The first-order valence-electron chi connectivity index (χ1n) is 20.4. The molecule has 3 aromatic heterocycles. The molecule has 59 heavy (non-hydrogen) atoms. The van der Waals surface area contributed by atoms with E-state index >= 15 is 0 Å². The van der Waals surface area contributed by atoms with E-state index in [2.05, 4.69) is 214 Å². The first-order valence-corrected chi connectivity index (χ1v) is 21.2. The molecule has 1 atom stereocenters. The number of rotatable bonds is 2. The SMILES string of the molecule is c1ccc(-n2c3ccccc3c3cc(-n4c5ccccc5c5cc6c(cc54)Sc4ccccc4C64c5ccccc5-n5c6ccccc6c6cccc4c65)ccc32)cc1. The van der Waals surface area contributed by atoms with Crippen molar-refractivity contribution in [3.8, 4) is 17.1 Å². The lowest BCUT2D eigenvalue weighted by molar-refractivity contribution is 0.691. The summed E-state index contributed by atoms with van der Waals surface area (Å²) < 4.78 is 7.42. The summed E-state index contributed by atoms with van der Waals surface area (Å²) in [5.41, 5.74) is 15.8. The molecule has 3 nitrogen and oxygen atoms in total. The highest BCUT2D eigenvalue weighted by Gasteiger charge is 2.49. The number of benzene rings is 9. The van der Waals surface area contributed by atoms with Gasteiger partial charge in [0.1, 0.15) is 0 Å². The summed E-state index contributed by atoms with van der Waals surface area (Å²) in [5, 5.41) is 7.61. The van der Waals surface area contributed by atoms with Crippen molar-refractivity contribution in [2.75, 3.05) is 0 Å². The maximum absolute atomic E-state index is 2.56. The van der Waals surface area contributed by atoms with Crippen molar-refractivity contribution in [3.63, 3.8) is 0 Å². The zero-order chi connectivity index (χ0) is 38.4. The molecular formula is C55H33N3S. The smallest absolute Gasteiger partial charge is 0.0764 e. The van der Waals surface area contributed by atoms with Crippen LogP contribution in [0.4, 0.5) is 0 Å². The van der Waals surface area contributed by atoms with Crippen molar-refractivity contribution in [1.29, 1.82) is 0 Å². The molecule has 0 amide bonds. The molecule has 0 saturated heterocycles. The Balaban J connectivity index is 1.10. The summed E-state index contributed by atoms with van der Waals surface area (Å²) in [6.07, 6.45) is 0. The molecule has 1 unspecified atom stereocenters. The van der Waals surface area contributed by atoms with E-state index in [-0.39, 0.29) is 0 Å². The Morgan fingerprint density at radius 1 is 0.305 bits per heavy atom. The van der Waals surface area contributed by atoms with Gasteiger partial charge in [-0.3, -0.25) is 0 Å². The molecule has 14 rings (SSSR count).